The highest BCUT2D eigenvalue weighted by molar-refractivity contribution is 5.79. The van der Waals surface area contributed by atoms with Crippen molar-refractivity contribution in [2.45, 2.75) is 63.8 Å². The first kappa shape index (κ1) is 14.0. The number of amides is 1. The minimum absolute atomic E-state index is 0.351. The molecule has 4 aliphatic rings. The third kappa shape index (κ3) is 2.62. The molecule has 1 N–H and O–H groups in total. The maximum atomic E-state index is 13.1. The molecule has 0 aromatic carbocycles. The van der Waals surface area contributed by atoms with Gasteiger partial charge in [0.05, 0.1) is 0 Å². The van der Waals surface area contributed by atoms with E-state index in [0.717, 1.165) is 37.4 Å². The molecule has 0 spiro atoms. The lowest BCUT2D eigenvalue weighted by atomic mass is 9.67. The number of rotatable bonds is 1. The van der Waals surface area contributed by atoms with Gasteiger partial charge in [-0.1, -0.05) is 25.7 Å². The topological polar surface area (TPSA) is 32.3 Å². The van der Waals surface area contributed by atoms with E-state index in [4.69, 9.17) is 0 Å². The molecule has 118 valence electrons. The zero-order valence-corrected chi connectivity index (χ0v) is 13.2. The van der Waals surface area contributed by atoms with Crippen LogP contribution in [0.25, 0.3) is 0 Å². The minimum atomic E-state index is 0.351. The fourth-order valence-electron chi connectivity index (χ4n) is 5.67. The smallest absolute Gasteiger partial charge is 0.225 e. The molecule has 0 radical (unpaired) electrons. The summed E-state index contributed by atoms with van der Waals surface area (Å²) in [5.74, 6) is 3.41. The highest BCUT2D eigenvalue weighted by Crippen LogP contribution is 2.43. The van der Waals surface area contributed by atoms with Gasteiger partial charge < -0.3 is 10.2 Å². The molecule has 4 fully saturated rings. The van der Waals surface area contributed by atoms with Crippen LogP contribution in [0.2, 0.25) is 0 Å². The molecule has 2 heterocycles. The molecule has 2 aliphatic heterocycles. The molecule has 1 amide bonds. The van der Waals surface area contributed by atoms with Gasteiger partial charge in [-0.3, -0.25) is 4.79 Å². The second-order valence-electron chi connectivity index (χ2n) is 7.97. The molecule has 0 bridgehead atoms. The van der Waals surface area contributed by atoms with Gasteiger partial charge in [0.25, 0.3) is 0 Å². The van der Waals surface area contributed by atoms with Gasteiger partial charge >= 0.3 is 0 Å². The number of carbonyl (C=O) groups is 1. The molecule has 0 aromatic heterocycles. The highest BCUT2D eigenvalue weighted by Gasteiger charge is 2.42. The molecule has 21 heavy (non-hydrogen) atoms. The van der Waals surface area contributed by atoms with Crippen LogP contribution in [0.5, 0.6) is 0 Å². The Hall–Kier alpha value is -0.570. The number of carbonyl (C=O) groups excluding carboxylic acids is 1. The maximum Gasteiger partial charge on any atom is 0.225 e. The van der Waals surface area contributed by atoms with E-state index in [1.54, 1.807) is 0 Å². The summed E-state index contributed by atoms with van der Waals surface area (Å²) >= 11 is 0. The van der Waals surface area contributed by atoms with Crippen molar-refractivity contribution in [3.63, 3.8) is 0 Å². The van der Waals surface area contributed by atoms with Crippen LogP contribution in [-0.2, 0) is 4.79 Å². The Bertz CT molecular complexity index is 397. The largest absolute Gasteiger partial charge is 0.338 e. The van der Waals surface area contributed by atoms with Gasteiger partial charge in [0.15, 0.2) is 0 Å². The van der Waals surface area contributed by atoms with Gasteiger partial charge in [0.2, 0.25) is 5.91 Å². The Morgan fingerprint density at radius 2 is 1.67 bits per heavy atom. The highest BCUT2D eigenvalue weighted by atomic mass is 16.2. The van der Waals surface area contributed by atoms with Crippen molar-refractivity contribution >= 4 is 5.91 Å². The predicted octanol–water partition coefficient (Wildman–Crippen LogP) is 2.80. The first-order valence-electron chi connectivity index (χ1n) is 9.34. The molecule has 5 unspecified atom stereocenters. The zero-order valence-electron chi connectivity index (χ0n) is 13.2. The van der Waals surface area contributed by atoms with Crippen molar-refractivity contribution in [2.24, 2.45) is 23.7 Å². The van der Waals surface area contributed by atoms with Gasteiger partial charge in [0, 0.05) is 31.6 Å². The van der Waals surface area contributed by atoms with E-state index >= 15 is 0 Å². The quantitative estimate of drug-likeness (QED) is 0.805. The van der Waals surface area contributed by atoms with Crippen LogP contribution in [0.3, 0.4) is 0 Å². The van der Waals surface area contributed by atoms with Crippen LogP contribution >= 0.6 is 0 Å². The van der Waals surface area contributed by atoms with Gasteiger partial charge in [0.1, 0.15) is 0 Å². The normalized spacial score (nSPS) is 43.2. The summed E-state index contributed by atoms with van der Waals surface area (Å²) in [6.07, 6.45) is 11.9. The summed E-state index contributed by atoms with van der Waals surface area (Å²) in [6.45, 7) is 3.19. The number of piperidine rings is 1. The molecule has 3 heteroatoms. The number of hydrogen-bond donors (Lipinski definition) is 1. The molecule has 0 aromatic rings. The molecule has 3 nitrogen and oxygen atoms in total. The van der Waals surface area contributed by atoms with Crippen LogP contribution in [0, 0.1) is 23.7 Å². The van der Waals surface area contributed by atoms with Crippen molar-refractivity contribution in [1.29, 1.82) is 0 Å². The third-order valence-corrected chi connectivity index (χ3v) is 6.85. The molecular formula is C18H30N2O. The number of likely N-dealkylation sites (tertiary alicyclic amines) is 1. The van der Waals surface area contributed by atoms with Crippen molar-refractivity contribution < 1.29 is 4.79 Å². The van der Waals surface area contributed by atoms with Crippen LogP contribution < -0.4 is 5.32 Å². The summed E-state index contributed by atoms with van der Waals surface area (Å²) in [4.78, 5) is 15.3. The van der Waals surface area contributed by atoms with Crippen molar-refractivity contribution in [1.82, 2.24) is 10.2 Å². The first-order chi connectivity index (χ1) is 10.3. The van der Waals surface area contributed by atoms with Crippen LogP contribution in [-0.4, -0.2) is 36.5 Å². The average molecular weight is 290 g/mol. The van der Waals surface area contributed by atoms with Crippen molar-refractivity contribution in [3.8, 4) is 0 Å². The third-order valence-electron chi connectivity index (χ3n) is 6.85. The maximum absolute atomic E-state index is 13.1. The number of nitrogens with one attached hydrogen (secondary N) is 1. The molecule has 2 aliphatic carbocycles. The molecular weight excluding hydrogens is 260 g/mol. The Labute approximate surface area is 128 Å². The monoisotopic (exact) mass is 290 g/mol. The lowest BCUT2D eigenvalue weighted by Gasteiger charge is -2.43. The average Bonchev–Trinajstić information content (AvgIpc) is 3.02. The number of nitrogens with zero attached hydrogens (tertiary/aromatic N) is 1. The SMILES string of the molecule is O=C(C1CCC2CCCCC2C1)N1CCCC2CNCC21. The lowest BCUT2D eigenvalue weighted by Crippen LogP contribution is -2.51. The summed E-state index contributed by atoms with van der Waals surface area (Å²) in [7, 11) is 0. The summed E-state index contributed by atoms with van der Waals surface area (Å²) < 4.78 is 0. The van der Waals surface area contributed by atoms with Gasteiger partial charge in [-0.05, 0) is 49.9 Å². The summed E-state index contributed by atoms with van der Waals surface area (Å²) in [5, 5.41) is 3.50. The predicted molar refractivity (Wildman–Crippen MR) is 83.9 cm³/mol. The van der Waals surface area contributed by atoms with E-state index in [-0.39, 0.29) is 0 Å². The van der Waals surface area contributed by atoms with Crippen molar-refractivity contribution in [3.05, 3.63) is 0 Å². The Kier molecular flexibility index (Phi) is 3.95. The summed E-state index contributed by atoms with van der Waals surface area (Å²) in [6, 6.07) is 0.510. The standard InChI is InChI=1S/C18H30N2O/c21-18(20-9-3-6-16-11-19-12-17(16)20)15-8-7-13-4-1-2-5-14(13)10-15/h13-17,19H,1-12H2. The number of fused-ring (bicyclic) bond motifs is 2. The molecule has 2 saturated carbocycles. The van der Waals surface area contributed by atoms with Gasteiger partial charge in [-0.25, -0.2) is 0 Å². The van der Waals surface area contributed by atoms with E-state index in [0.29, 0.717) is 17.9 Å². The lowest BCUT2D eigenvalue weighted by molar-refractivity contribution is -0.142. The fourth-order valence-corrected chi connectivity index (χ4v) is 5.67. The van der Waals surface area contributed by atoms with E-state index < -0.39 is 0 Å². The minimum Gasteiger partial charge on any atom is -0.338 e. The van der Waals surface area contributed by atoms with Gasteiger partial charge in [-0.15, -0.1) is 0 Å². The van der Waals surface area contributed by atoms with Crippen LogP contribution in [0.4, 0.5) is 0 Å². The van der Waals surface area contributed by atoms with Gasteiger partial charge in [-0.2, -0.15) is 0 Å². The second kappa shape index (κ2) is 5.91. The molecule has 2 saturated heterocycles. The van der Waals surface area contributed by atoms with E-state index in [9.17, 15) is 4.79 Å². The van der Waals surface area contributed by atoms with Crippen LogP contribution in [0.1, 0.15) is 57.8 Å². The fraction of sp³-hybridized carbons (Fsp3) is 0.944. The number of hydrogen-bond acceptors (Lipinski definition) is 2. The van der Waals surface area contributed by atoms with E-state index in [1.165, 1.54) is 57.8 Å². The zero-order chi connectivity index (χ0) is 14.2. The van der Waals surface area contributed by atoms with E-state index in [1.807, 2.05) is 0 Å². The Morgan fingerprint density at radius 3 is 2.57 bits per heavy atom. The van der Waals surface area contributed by atoms with E-state index in [2.05, 4.69) is 10.2 Å². The molecule has 4 rings (SSSR count). The Morgan fingerprint density at radius 1 is 0.857 bits per heavy atom. The second-order valence-corrected chi connectivity index (χ2v) is 7.97. The summed E-state index contributed by atoms with van der Waals surface area (Å²) in [5.41, 5.74) is 0. The van der Waals surface area contributed by atoms with Crippen molar-refractivity contribution in [2.75, 3.05) is 19.6 Å². The first-order valence-corrected chi connectivity index (χ1v) is 9.34. The molecule has 5 atom stereocenters. The van der Waals surface area contributed by atoms with Crippen LogP contribution in [0.15, 0.2) is 0 Å². The Balaban J connectivity index is 1.42.